The molecular weight excluding hydrogens is 518 g/mol. The van der Waals surface area contributed by atoms with Crippen LogP contribution in [0.3, 0.4) is 0 Å². The van der Waals surface area contributed by atoms with Crippen LogP contribution in [0.15, 0.2) is 71.8 Å². The summed E-state index contributed by atoms with van der Waals surface area (Å²) in [4.78, 5) is 71.9. The van der Waals surface area contributed by atoms with Gasteiger partial charge in [-0.1, -0.05) is 12.1 Å². The zero-order valence-corrected chi connectivity index (χ0v) is 21.1. The van der Waals surface area contributed by atoms with E-state index in [1.165, 1.54) is 42.5 Å². The molecule has 198 valence electrons. The molecule has 10 heteroatoms. The van der Waals surface area contributed by atoms with E-state index in [1.807, 2.05) is 0 Å². The van der Waals surface area contributed by atoms with E-state index in [1.54, 1.807) is 44.2 Å². The summed E-state index contributed by atoms with van der Waals surface area (Å²) < 4.78 is 14.5. The minimum Gasteiger partial charge on any atom is -0.423 e. The lowest BCUT2D eigenvalue weighted by Gasteiger charge is -2.08. The summed E-state index contributed by atoms with van der Waals surface area (Å²) in [5, 5.41) is 2.73. The number of esters is 5. The van der Waals surface area contributed by atoms with Crippen molar-refractivity contribution in [2.75, 3.05) is 5.32 Å². The molecule has 10 nitrogen and oxygen atoms in total. The smallest absolute Gasteiger partial charge is 0.346 e. The highest BCUT2D eigenvalue weighted by Gasteiger charge is 2.30. The van der Waals surface area contributed by atoms with E-state index in [0.29, 0.717) is 22.4 Å². The predicted molar refractivity (Wildman–Crippen MR) is 140 cm³/mol. The van der Waals surface area contributed by atoms with Crippen LogP contribution in [0.25, 0.3) is 12.2 Å². The second-order valence-corrected chi connectivity index (χ2v) is 8.99. The van der Waals surface area contributed by atoms with Crippen molar-refractivity contribution < 1.29 is 43.0 Å². The van der Waals surface area contributed by atoms with Gasteiger partial charge in [0, 0.05) is 16.8 Å². The molecule has 2 aliphatic heterocycles. The summed E-state index contributed by atoms with van der Waals surface area (Å²) in [7, 11) is 0. The number of fused-ring (bicyclic) bond motifs is 2. The number of rotatable bonds is 6. The summed E-state index contributed by atoms with van der Waals surface area (Å²) in [5.41, 5.74) is 2.76. The number of benzene rings is 3. The molecule has 3 aromatic rings. The van der Waals surface area contributed by atoms with Crippen LogP contribution >= 0.6 is 0 Å². The lowest BCUT2D eigenvalue weighted by atomic mass is 10.0. The molecule has 40 heavy (non-hydrogen) atoms. The van der Waals surface area contributed by atoms with Gasteiger partial charge >= 0.3 is 29.8 Å². The minimum absolute atomic E-state index is 0.135. The first-order chi connectivity index (χ1) is 19.1. The van der Waals surface area contributed by atoms with Crippen LogP contribution in [0.2, 0.25) is 0 Å². The maximum Gasteiger partial charge on any atom is 0.346 e. The summed E-state index contributed by atoms with van der Waals surface area (Å²) >= 11 is 0. The fourth-order valence-electron chi connectivity index (χ4n) is 4.03. The molecule has 0 atom stereocenters. The van der Waals surface area contributed by atoms with E-state index < -0.39 is 35.8 Å². The van der Waals surface area contributed by atoms with Gasteiger partial charge in [-0.05, 0) is 85.7 Å². The molecule has 5 rings (SSSR count). The van der Waals surface area contributed by atoms with Gasteiger partial charge in [0.1, 0.15) is 5.75 Å². The molecule has 0 bridgehead atoms. The second kappa shape index (κ2) is 10.3. The highest BCUT2D eigenvalue weighted by Crippen LogP contribution is 2.24. The molecule has 0 radical (unpaired) electrons. The Morgan fingerprint density at radius 1 is 0.650 bits per heavy atom. The Morgan fingerprint density at radius 2 is 1.12 bits per heavy atom. The van der Waals surface area contributed by atoms with E-state index in [4.69, 9.17) is 4.74 Å². The molecule has 1 N–H and O–H groups in total. The molecule has 0 aromatic heterocycles. The largest absolute Gasteiger partial charge is 0.423 e. The SMILES string of the molecule is C/C(=C\c1ccc2c(c1)C(=O)OC2=O)C(=O)Nc1ccc(OC(=O)/C(C)=C/c2ccc3c(c2)C(=O)OC3=O)cc1. The maximum atomic E-state index is 12.6. The number of hydrogen-bond donors (Lipinski definition) is 1. The van der Waals surface area contributed by atoms with E-state index >= 15 is 0 Å². The quantitative estimate of drug-likeness (QED) is 0.210. The predicted octanol–water partition coefficient (Wildman–Crippen LogP) is 4.36. The molecule has 2 aliphatic rings. The first kappa shape index (κ1) is 26.0. The molecule has 0 aliphatic carbocycles. The Labute approximate surface area is 226 Å². The normalized spacial score (nSPS) is 14.3. The highest BCUT2D eigenvalue weighted by molar-refractivity contribution is 6.16. The molecule has 0 fully saturated rings. The number of hydrogen-bond acceptors (Lipinski definition) is 9. The lowest BCUT2D eigenvalue weighted by Crippen LogP contribution is -2.13. The molecule has 1 amide bonds. The molecule has 0 unspecified atom stereocenters. The molecular formula is C30H19NO9. The van der Waals surface area contributed by atoms with E-state index in [-0.39, 0.29) is 33.6 Å². The number of carbonyl (C=O) groups excluding carboxylic acids is 6. The number of amides is 1. The van der Waals surface area contributed by atoms with Crippen molar-refractivity contribution in [2.45, 2.75) is 13.8 Å². The van der Waals surface area contributed by atoms with Gasteiger partial charge in [0.05, 0.1) is 22.3 Å². The Balaban J connectivity index is 1.20. The summed E-state index contributed by atoms with van der Waals surface area (Å²) in [5.74, 6) is -3.65. The van der Waals surface area contributed by atoms with Crippen LogP contribution in [-0.2, 0) is 19.1 Å². The van der Waals surface area contributed by atoms with Crippen molar-refractivity contribution in [3.8, 4) is 5.75 Å². The minimum atomic E-state index is -0.735. The van der Waals surface area contributed by atoms with Crippen molar-refractivity contribution in [1.82, 2.24) is 0 Å². The van der Waals surface area contributed by atoms with Crippen LogP contribution < -0.4 is 10.1 Å². The van der Waals surface area contributed by atoms with Crippen LogP contribution in [0.4, 0.5) is 5.69 Å². The molecule has 0 spiro atoms. The average Bonchev–Trinajstić information content (AvgIpc) is 3.37. The van der Waals surface area contributed by atoms with Crippen molar-refractivity contribution >= 4 is 53.6 Å². The van der Waals surface area contributed by atoms with Crippen molar-refractivity contribution in [2.24, 2.45) is 0 Å². The molecule has 0 saturated carbocycles. The Morgan fingerprint density at radius 3 is 1.65 bits per heavy atom. The first-order valence-electron chi connectivity index (χ1n) is 11.9. The molecule has 0 saturated heterocycles. The fraction of sp³-hybridized carbons (Fsp3) is 0.0667. The van der Waals surface area contributed by atoms with Crippen molar-refractivity contribution in [1.29, 1.82) is 0 Å². The number of nitrogens with one attached hydrogen (secondary N) is 1. The number of anilines is 1. The highest BCUT2D eigenvalue weighted by atomic mass is 16.6. The van der Waals surface area contributed by atoms with Gasteiger partial charge in [-0.3, -0.25) is 4.79 Å². The number of carbonyl (C=O) groups is 6. The van der Waals surface area contributed by atoms with E-state index in [0.717, 1.165) is 0 Å². The van der Waals surface area contributed by atoms with Crippen molar-refractivity contribution in [3.05, 3.63) is 105 Å². The molecule has 3 aromatic carbocycles. The Hall–Kier alpha value is -5.64. The molecule has 2 heterocycles. The van der Waals surface area contributed by atoms with E-state index in [2.05, 4.69) is 14.8 Å². The van der Waals surface area contributed by atoms with Crippen LogP contribution in [0.1, 0.15) is 66.4 Å². The Bertz CT molecular complexity index is 1580. The van der Waals surface area contributed by atoms with Crippen LogP contribution in [-0.4, -0.2) is 35.8 Å². The lowest BCUT2D eigenvalue weighted by molar-refractivity contribution is -0.130. The first-order valence-corrected chi connectivity index (χ1v) is 11.9. The number of ether oxygens (including phenoxy) is 3. The van der Waals surface area contributed by atoms with Gasteiger partial charge < -0.3 is 19.5 Å². The summed E-state index contributed by atoms with van der Waals surface area (Å²) in [6.45, 7) is 3.14. The topological polar surface area (TPSA) is 142 Å². The average molecular weight is 537 g/mol. The monoisotopic (exact) mass is 537 g/mol. The standard InChI is InChI=1S/C30H19NO9/c1-15(11-17-3-9-21-23(13-17)29(36)39-27(21)34)25(32)31-19-5-7-20(8-6-19)38-26(33)16(2)12-18-4-10-22-24(14-18)30(37)40-28(22)35/h3-14H,1-2H3,(H,31,32)/b15-11+,16-12+. The zero-order chi connectivity index (χ0) is 28.6. The van der Waals surface area contributed by atoms with Gasteiger partial charge in [0.25, 0.3) is 5.91 Å². The Kier molecular flexibility index (Phi) is 6.66. The van der Waals surface area contributed by atoms with Gasteiger partial charge in [0.15, 0.2) is 0 Å². The zero-order valence-electron chi connectivity index (χ0n) is 21.1. The van der Waals surface area contributed by atoms with Crippen LogP contribution in [0, 0.1) is 0 Å². The van der Waals surface area contributed by atoms with Gasteiger partial charge in [-0.25, -0.2) is 24.0 Å². The summed E-state index contributed by atoms with van der Waals surface area (Å²) in [6.07, 6.45) is 3.09. The van der Waals surface area contributed by atoms with Gasteiger partial charge in [0.2, 0.25) is 0 Å². The fourth-order valence-corrected chi connectivity index (χ4v) is 4.03. The van der Waals surface area contributed by atoms with Crippen LogP contribution in [0.5, 0.6) is 5.75 Å². The third-order valence-corrected chi connectivity index (χ3v) is 6.11. The van der Waals surface area contributed by atoms with Crippen molar-refractivity contribution in [3.63, 3.8) is 0 Å². The van der Waals surface area contributed by atoms with E-state index in [9.17, 15) is 28.8 Å². The third-order valence-electron chi connectivity index (χ3n) is 6.11. The third kappa shape index (κ3) is 5.18. The van der Waals surface area contributed by atoms with Gasteiger partial charge in [-0.2, -0.15) is 0 Å². The summed E-state index contributed by atoms with van der Waals surface area (Å²) in [6, 6.07) is 15.2. The second-order valence-electron chi connectivity index (χ2n) is 8.99. The number of cyclic esters (lactones) is 4. The maximum absolute atomic E-state index is 12.6. The van der Waals surface area contributed by atoms with Gasteiger partial charge in [-0.15, -0.1) is 0 Å².